The number of ether oxygens (including phenoxy) is 1. The Labute approximate surface area is 173 Å². The fourth-order valence-corrected chi connectivity index (χ4v) is 3.03. The Morgan fingerprint density at radius 2 is 2.03 bits per heavy atom. The molecule has 2 N–H and O–H groups in total. The van der Waals surface area contributed by atoms with Crippen LogP contribution in [0.3, 0.4) is 0 Å². The second kappa shape index (κ2) is 7.56. The molecule has 154 valence electrons. The molecule has 0 aliphatic carbocycles. The van der Waals surface area contributed by atoms with Crippen LogP contribution in [0, 0.1) is 0 Å². The van der Waals surface area contributed by atoms with Gasteiger partial charge in [-0.25, -0.2) is 9.78 Å². The molecule has 30 heavy (non-hydrogen) atoms. The number of imidazole rings is 1. The maximum atomic E-state index is 12.4. The molecule has 3 heterocycles. The summed E-state index contributed by atoms with van der Waals surface area (Å²) in [5.41, 5.74) is -0.592. The normalized spacial score (nSPS) is 11.0. The summed E-state index contributed by atoms with van der Waals surface area (Å²) < 4.78 is 13.2. The SMILES string of the molecule is Cn1c(=O)c2[nH]c(CNC(=O)c3ccc(Oc4cccc(Cl)c4)o3)nc2n(C)c1=O. The van der Waals surface area contributed by atoms with Crippen LogP contribution in [-0.4, -0.2) is 25.0 Å². The first kappa shape index (κ1) is 19.5. The number of carbonyl (C=O) groups excluding carboxylic acids is 1. The number of hydrogen-bond acceptors (Lipinski definition) is 6. The van der Waals surface area contributed by atoms with E-state index in [2.05, 4.69) is 15.3 Å². The highest BCUT2D eigenvalue weighted by Crippen LogP contribution is 2.25. The van der Waals surface area contributed by atoms with Crippen LogP contribution in [0.1, 0.15) is 16.4 Å². The first-order valence-electron chi connectivity index (χ1n) is 8.79. The first-order chi connectivity index (χ1) is 14.3. The number of aromatic nitrogens is 4. The zero-order valence-electron chi connectivity index (χ0n) is 15.9. The lowest BCUT2D eigenvalue weighted by Crippen LogP contribution is -2.36. The van der Waals surface area contributed by atoms with E-state index >= 15 is 0 Å². The molecular formula is C19H16ClN5O5. The number of benzene rings is 1. The Kier molecular flexibility index (Phi) is 4.92. The van der Waals surface area contributed by atoms with Gasteiger partial charge in [0.25, 0.3) is 17.4 Å². The quantitative estimate of drug-likeness (QED) is 0.499. The van der Waals surface area contributed by atoms with Crippen LogP contribution < -0.4 is 21.3 Å². The van der Waals surface area contributed by atoms with Gasteiger partial charge in [0, 0.05) is 25.2 Å². The number of H-pyrrole nitrogens is 1. The zero-order chi connectivity index (χ0) is 21.4. The molecular weight excluding hydrogens is 414 g/mol. The molecule has 0 aliphatic heterocycles. The summed E-state index contributed by atoms with van der Waals surface area (Å²) >= 11 is 5.91. The summed E-state index contributed by atoms with van der Waals surface area (Å²) in [5.74, 6) is 0.450. The van der Waals surface area contributed by atoms with Crippen molar-refractivity contribution < 1.29 is 13.9 Å². The summed E-state index contributed by atoms with van der Waals surface area (Å²) in [6.07, 6.45) is 0. The van der Waals surface area contributed by atoms with Crippen LogP contribution in [-0.2, 0) is 20.6 Å². The number of halogens is 1. The molecule has 4 aromatic rings. The van der Waals surface area contributed by atoms with Crippen molar-refractivity contribution in [3.63, 3.8) is 0 Å². The molecule has 0 saturated carbocycles. The molecule has 0 bridgehead atoms. The fourth-order valence-electron chi connectivity index (χ4n) is 2.85. The van der Waals surface area contributed by atoms with E-state index < -0.39 is 17.2 Å². The Morgan fingerprint density at radius 3 is 2.80 bits per heavy atom. The van der Waals surface area contributed by atoms with E-state index in [4.69, 9.17) is 20.8 Å². The monoisotopic (exact) mass is 429 g/mol. The molecule has 0 aliphatic rings. The molecule has 0 atom stereocenters. The van der Waals surface area contributed by atoms with Gasteiger partial charge in [0.1, 0.15) is 17.1 Å². The van der Waals surface area contributed by atoms with Crippen LogP contribution >= 0.6 is 11.6 Å². The lowest BCUT2D eigenvalue weighted by Gasteiger charge is -2.02. The standard InChI is InChI=1S/C19H16ClN5O5/c1-24-16-15(18(27)25(2)19(24)28)22-13(23-16)9-21-17(26)12-6-7-14(30-12)29-11-5-3-4-10(20)8-11/h3-8H,9H2,1-2H3,(H,21,26)(H,22,23). The average Bonchev–Trinajstić information content (AvgIpc) is 3.36. The second-order valence-electron chi connectivity index (χ2n) is 6.45. The average molecular weight is 430 g/mol. The molecule has 0 fully saturated rings. The Morgan fingerprint density at radius 1 is 1.23 bits per heavy atom. The third-order valence-corrected chi connectivity index (χ3v) is 4.61. The minimum atomic E-state index is -0.502. The number of nitrogens with zero attached hydrogens (tertiary/aromatic N) is 3. The third-order valence-electron chi connectivity index (χ3n) is 4.38. The van der Waals surface area contributed by atoms with Gasteiger partial charge in [-0.05, 0) is 24.3 Å². The van der Waals surface area contributed by atoms with E-state index in [1.54, 1.807) is 24.3 Å². The van der Waals surface area contributed by atoms with Crippen molar-refractivity contribution in [3.05, 3.63) is 73.8 Å². The minimum Gasteiger partial charge on any atom is -0.426 e. The predicted octanol–water partition coefficient (Wildman–Crippen LogP) is 1.93. The van der Waals surface area contributed by atoms with Crippen LogP contribution in [0.2, 0.25) is 5.02 Å². The zero-order valence-corrected chi connectivity index (χ0v) is 16.7. The highest BCUT2D eigenvalue weighted by Gasteiger charge is 2.16. The molecule has 4 rings (SSSR count). The highest BCUT2D eigenvalue weighted by atomic mass is 35.5. The molecule has 0 spiro atoms. The van der Waals surface area contributed by atoms with Crippen molar-refractivity contribution >= 4 is 28.7 Å². The van der Waals surface area contributed by atoms with E-state index in [-0.39, 0.29) is 29.4 Å². The van der Waals surface area contributed by atoms with Crippen LogP contribution in [0.4, 0.5) is 0 Å². The maximum Gasteiger partial charge on any atom is 0.332 e. The number of rotatable bonds is 5. The molecule has 0 unspecified atom stereocenters. The number of amides is 1. The fraction of sp³-hybridized carbons (Fsp3) is 0.158. The van der Waals surface area contributed by atoms with Gasteiger partial charge in [-0.3, -0.25) is 18.7 Å². The molecule has 10 nitrogen and oxygen atoms in total. The number of nitrogens with one attached hydrogen (secondary N) is 2. The summed E-state index contributed by atoms with van der Waals surface area (Å²) in [6.45, 7) is -0.00393. The Bertz CT molecular complexity index is 1380. The van der Waals surface area contributed by atoms with Gasteiger partial charge in [0.2, 0.25) is 0 Å². The van der Waals surface area contributed by atoms with E-state index in [1.165, 1.54) is 30.8 Å². The van der Waals surface area contributed by atoms with Gasteiger partial charge in [-0.2, -0.15) is 0 Å². The number of aryl methyl sites for hydroxylation is 1. The van der Waals surface area contributed by atoms with Gasteiger partial charge < -0.3 is 19.5 Å². The molecule has 3 aromatic heterocycles. The van der Waals surface area contributed by atoms with Crippen LogP contribution in [0.15, 0.2) is 50.4 Å². The number of furan rings is 1. The van der Waals surface area contributed by atoms with Crippen LogP contribution in [0.5, 0.6) is 11.7 Å². The lowest BCUT2D eigenvalue weighted by atomic mass is 10.3. The third kappa shape index (κ3) is 3.60. The van der Waals surface area contributed by atoms with Crippen molar-refractivity contribution in [2.75, 3.05) is 0 Å². The van der Waals surface area contributed by atoms with Crippen molar-refractivity contribution in [3.8, 4) is 11.7 Å². The smallest absolute Gasteiger partial charge is 0.332 e. The van der Waals surface area contributed by atoms with E-state index in [9.17, 15) is 14.4 Å². The van der Waals surface area contributed by atoms with Gasteiger partial charge in [-0.1, -0.05) is 17.7 Å². The van der Waals surface area contributed by atoms with Crippen LogP contribution in [0.25, 0.3) is 11.2 Å². The minimum absolute atomic E-state index is 0.00393. The van der Waals surface area contributed by atoms with Crippen molar-refractivity contribution in [1.29, 1.82) is 0 Å². The molecule has 1 aromatic carbocycles. The maximum absolute atomic E-state index is 12.4. The number of aromatic amines is 1. The summed E-state index contributed by atoms with van der Waals surface area (Å²) in [6, 6.07) is 9.73. The highest BCUT2D eigenvalue weighted by molar-refractivity contribution is 6.30. The number of hydrogen-bond donors (Lipinski definition) is 2. The second-order valence-corrected chi connectivity index (χ2v) is 6.89. The van der Waals surface area contributed by atoms with E-state index in [0.717, 1.165) is 4.57 Å². The number of carbonyl (C=O) groups is 1. The predicted molar refractivity (Wildman–Crippen MR) is 108 cm³/mol. The molecule has 0 radical (unpaired) electrons. The van der Waals surface area contributed by atoms with Crippen molar-refractivity contribution in [2.45, 2.75) is 6.54 Å². The van der Waals surface area contributed by atoms with Gasteiger partial charge in [0.15, 0.2) is 11.4 Å². The summed E-state index contributed by atoms with van der Waals surface area (Å²) in [7, 11) is 2.89. The lowest BCUT2D eigenvalue weighted by molar-refractivity contribution is 0.0917. The Balaban J connectivity index is 1.47. The molecule has 1 amide bonds. The van der Waals surface area contributed by atoms with Gasteiger partial charge in [-0.15, -0.1) is 0 Å². The van der Waals surface area contributed by atoms with Crippen molar-refractivity contribution in [2.24, 2.45) is 14.1 Å². The van der Waals surface area contributed by atoms with Crippen molar-refractivity contribution in [1.82, 2.24) is 24.4 Å². The van der Waals surface area contributed by atoms with E-state index in [0.29, 0.717) is 16.6 Å². The Hall–Kier alpha value is -3.79. The topological polar surface area (TPSA) is 124 Å². The van der Waals surface area contributed by atoms with E-state index in [1.807, 2.05) is 0 Å². The molecule has 0 saturated heterocycles. The summed E-state index contributed by atoms with van der Waals surface area (Å²) in [5, 5.41) is 3.14. The summed E-state index contributed by atoms with van der Waals surface area (Å²) in [4.78, 5) is 43.6. The van der Waals surface area contributed by atoms with Gasteiger partial charge >= 0.3 is 5.69 Å². The molecule has 11 heteroatoms. The largest absolute Gasteiger partial charge is 0.426 e. The van der Waals surface area contributed by atoms with Gasteiger partial charge in [0.05, 0.1) is 6.54 Å². The first-order valence-corrected chi connectivity index (χ1v) is 9.17. The number of fused-ring (bicyclic) bond motifs is 1.